The number of anilines is 1. The van der Waals surface area contributed by atoms with Gasteiger partial charge in [-0.05, 0) is 0 Å². The Morgan fingerprint density at radius 1 is 1.67 bits per heavy atom. The molecule has 0 aromatic carbocycles. The van der Waals surface area contributed by atoms with E-state index in [9.17, 15) is 9.59 Å². The third-order valence-electron chi connectivity index (χ3n) is 1.95. The number of carboxylic acid groups (broad SMARTS) is 1. The SMILES string of the molecule is N[C@@H](CS)C(=O)OC[C@H](Nc1ccon1)C(=O)O. The lowest BCUT2D eigenvalue weighted by molar-refractivity contribution is -0.148. The minimum absolute atomic E-state index is 0.118. The topological polar surface area (TPSA) is 128 Å². The third kappa shape index (κ3) is 4.26. The zero-order valence-corrected chi connectivity index (χ0v) is 10.2. The van der Waals surface area contributed by atoms with Gasteiger partial charge < -0.3 is 25.4 Å². The van der Waals surface area contributed by atoms with Gasteiger partial charge >= 0.3 is 11.9 Å². The van der Waals surface area contributed by atoms with Crippen LogP contribution in [0.15, 0.2) is 16.9 Å². The minimum Gasteiger partial charge on any atom is -0.480 e. The summed E-state index contributed by atoms with van der Waals surface area (Å²) in [4.78, 5) is 22.2. The molecule has 0 aliphatic carbocycles. The van der Waals surface area contributed by atoms with Crippen molar-refractivity contribution >= 4 is 30.4 Å². The number of aliphatic carboxylic acids is 1. The Bertz CT molecular complexity index is 397. The fourth-order valence-electron chi connectivity index (χ4n) is 0.987. The summed E-state index contributed by atoms with van der Waals surface area (Å²) < 4.78 is 9.29. The summed E-state index contributed by atoms with van der Waals surface area (Å²) >= 11 is 3.83. The quantitative estimate of drug-likeness (QED) is 0.381. The summed E-state index contributed by atoms with van der Waals surface area (Å²) in [7, 11) is 0. The van der Waals surface area contributed by atoms with Crippen molar-refractivity contribution < 1.29 is 24.0 Å². The highest BCUT2D eigenvalue weighted by Crippen LogP contribution is 2.04. The minimum atomic E-state index is -1.19. The molecule has 8 nitrogen and oxygen atoms in total. The second kappa shape index (κ2) is 6.87. The van der Waals surface area contributed by atoms with E-state index in [1.807, 2.05) is 0 Å². The van der Waals surface area contributed by atoms with Crippen LogP contribution in [0.2, 0.25) is 0 Å². The number of thiol groups is 1. The van der Waals surface area contributed by atoms with E-state index in [4.69, 9.17) is 15.6 Å². The normalized spacial score (nSPS) is 13.7. The first-order valence-electron chi connectivity index (χ1n) is 4.97. The zero-order valence-electron chi connectivity index (χ0n) is 9.28. The molecule has 0 saturated carbocycles. The number of hydrogen-bond acceptors (Lipinski definition) is 8. The van der Waals surface area contributed by atoms with Crippen LogP contribution in [-0.4, -0.2) is 46.6 Å². The summed E-state index contributed by atoms with van der Waals surface area (Å²) in [6.07, 6.45) is 1.28. The molecule has 0 aliphatic heterocycles. The highest BCUT2D eigenvalue weighted by atomic mass is 32.1. The Labute approximate surface area is 108 Å². The molecule has 1 aromatic heterocycles. The molecule has 0 unspecified atom stereocenters. The molecule has 18 heavy (non-hydrogen) atoms. The first-order valence-corrected chi connectivity index (χ1v) is 5.60. The van der Waals surface area contributed by atoms with Gasteiger partial charge in [0.15, 0.2) is 11.9 Å². The van der Waals surface area contributed by atoms with Gasteiger partial charge in [-0.3, -0.25) is 4.79 Å². The molecule has 0 aliphatic rings. The van der Waals surface area contributed by atoms with Crippen LogP contribution in [0.25, 0.3) is 0 Å². The lowest BCUT2D eigenvalue weighted by Crippen LogP contribution is -2.39. The number of rotatable bonds is 7. The summed E-state index contributed by atoms with van der Waals surface area (Å²) in [5.41, 5.74) is 5.37. The van der Waals surface area contributed by atoms with Crippen LogP contribution in [0.1, 0.15) is 0 Å². The van der Waals surface area contributed by atoms with Crippen LogP contribution in [0.4, 0.5) is 5.82 Å². The third-order valence-corrected chi connectivity index (χ3v) is 2.34. The van der Waals surface area contributed by atoms with Gasteiger partial charge in [-0.2, -0.15) is 12.6 Å². The molecular weight excluding hydrogens is 262 g/mol. The maximum Gasteiger partial charge on any atom is 0.329 e. The van der Waals surface area contributed by atoms with E-state index in [1.54, 1.807) is 0 Å². The number of ether oxygens (including phenoxy) is 1. The van der Waals surface area contributed by atoms with Gasteiger partial charge in [-0.25, -0.2) is 4.79 Å². The molecular formula is C9H13N3O5S. The molecule has 4 N–H and O–H groups in total. The molecule has 2 atom stereocenters. The number of nitrogens with zero attached hydrogens (tertiary/aromatic N) is 1. The molecule has 0 spiro atoms. The molecule has 100 valence electrons. The van der Waals surface area contributed by atoms with Crippen LogP contribution in [0.3, 0.4) is 0 Å². The number of nitrogens with one attached hydrogen (secondary N) is 1. The average molecular weight is 275 g/mol. The predicted molar refractivity (Wildman–Crippen MR) is 64.3 cm³/mol. The lowest BCUT2D eigenvalue weighted by atomic mass is 10.3. The molecule has 0 amide bonds. The smallest absolute Gasteiger partial charge is 0.329 e. The Morgan fingerprint density at radius 3 is 2.89 bits per heavy atom. The highest BCUT2D eigenvalue weighted by Gasteiger charge is 2.22. The molecule has 1 aromatic rings. The van der Waals surface area contributed by atoms with Crippen molar-refractivity contribution in [2.75, 3.05) is 17.7 Å². The molecule has 0 radical (unpaired) electrons. The van der Waals surface area contributed by atoms with Gasteiger partial charge in [0, 0.05) is 11.8 Å². The number of aromatic nitrogens is 1. The number of nitrogens with two attached hydrogens (primary N) is 1. The van der Waals surface area contributed by atoms with Gasteiger partial charge in [0.2, 0.25) is 0 Å². The summed E-state index contributed by atoms with van der Waals surface area (Å²) in [5.74, 6) is -1.55. The number of hydrogen-bond donors (Lipinski definition) is 4. The fraction of sp³-hybridized carbons (Fsp3) is 0.444. The van der Waals surface area contributed by atoms with Gasteiger partial charge in [0.05, 0.1) is 0 Å². The lowest BCUT2D eigenvalue weighted by Gasteiger charge is -2.15. The van der Waals surface area contributed by atoms with Crippen molar-refractivity contribution in [2.24, 2.45) is 5.73 Å². The van der Waals surface area contributed by atoms with Crippen molar-refractivity contribution in [1.82, 2.24) is 5.16 Å². The Balaban J connectivity index is 2.49. The first-order chi connectivity index (χ1) is 8.54. The largest absolute Gasteiger partial charge is 0.480 e. The summed E-state index contributed by atoms with van der Waals surface area (Å²) in [6, 6.07) is -0.571. The van der Waals surface area contributed by atoms with E-state index in [0.29, 0.717) is 0 Å². The molecule has 0 fully saturated rings. The van der Waals surface area contributed by atoms with Gasteiger partial charge in [0.25, 0.3) is 0 Å². The Morgan fingerprint density at radius 2 is 2.39 bits per heavy atom. The van der Waals surface area contributed by atoms with E-state index in [-0.39, 0.29) is 18.2 Å². The van der Waals surface area contributed by atoms with Gasteiger partial charge in [0.1, 0.15) is 18.9 Å². The molecule has 1 heterocycles. The number of carbonyl (C=O) groups excluding carboxylic acids is 1. The Hall–Kier alpha value is -1.74. The van der Waals surface area contributed by atoms with Gasteiger partial charge in [-0.1, -0.05) is 5.16 Å². The number of carbonyl (C=O) groups is 2. The second-order valence-corrected chi connectivity index (χ2v) is 3.70. The van der Waals surface area contributed by atoms with Crippen LogP contribution in [0, 0.1) is 0 Å². The van der Waals surface area contributed by atoms with E-state index in [1.165, 1.54) is 12.3 Å². The molecule has 1 rings (SSSR count). The second-order valence-electron chi connectivity index (χ2n) is 3.34. The van der Waals surface area contributed by atoms with Crippen molar-refractivity contribution in [2.45, 2.75) is 12.1 Å². The maximum absolute atomic E-state index is 11.3. The molecule has 0 saturated heterocycles. The van der Waals surface area contributed by atoms with E-state index < -0.39 is 24.0 Å². The predicted octanol–water partition coefficient (Wildman–Crippen LogP) is -0.660. The van der Waals surface area contributed by atoms with E-state index >= 15 is 0 Å². The van der Waals surface area contributed by atoms with E-state index in [0.717, 1.165) is 0 Å². The van der Waals surface area contributed by atoms with Crippen molar-refractivity contribution in [3.63, 3.8) is 0 Å². The fourth-order valence-corrected chi connectivity index (χ4v) is 1.14. The maximum atomic E-state index is 11.3. The monoisotopic (exact) mass is 275 g/mol. The number of carboxylic acids is 1. The summed E-state index contributed by atoms with van der Waals surface area (Å²) in [6.45, 7) is -0.373. The average Bonchev–Trinajstić information content (AvgIpc) is 2.85. The van der Waals surface area contributed by atoms with Crippen molar-refractivity contribution in [1.29, 1.82) is 0 Å². The van der Waals surface area contributed by atoms with Crippen molar-refractivity contribution in [3.8, 4) is 0 Å². The van der Waals surface area contributed by atoms with E-state index in [2.05, 4.69) is 27.6 Å². The molecule has 0 bridgehead atoms. The van der Waals surface area contributed by atoms with Crippen molar-refractivity contribution in [3.05, 3.63) is 12.3 Å². The number of esters is 1. The van der Waals surface area contributed by atoms with Crippen LogP contribution in [0.5, 0.6) is 0 Å². The van der Waals surface area contributed by atoms with Gasteiger partial charge in [-0.15, -0.1) is 0 Å². The van der Waals surface area contributed by atoms with Crippen LogP contribution in [-0.2, 0) is 14.3 Å². The highest BCUT2D eigenvalue weighted by molar-refractivity contribution is 7.80. The summed E-state index contributed by atoms with van der Waals surface area (Å²) in [5, 5.41) is 14.9. The standard InChI is InChI=1S/C9H13N3O5S/c10-5(4-18)9(15)16-3-6(8(13)14)11-7-1-2-17-12-7/h1-2,5-6,18H,3-4,10H2,(H,11,12)(H,13,14)/t5-,6-/m0/s1. The van der Waals surface area contributed by atoms with Crippen LogP contribution >= 0.6 is 12.6 Å². The van der Waals surface area contributed by atoms with Crippen LogP contribution < -0.4 is 11.1 Å². The zero-order chi connectivity index (χ0) is 13.5. The molecule has 9 heteroatoms. The Kier molecular flexibility index (Phi) is 5.46. The first kappa shape index (κ1) is 14.3.